The molecule has 2 rings (SSSR count). The Morgan fingerprint density at radius 2 is 2.15 bits per heavy atom. The summed E-state index contributed by atoms with van der Waals surface area (Å²) in [6, 6.07) is 5.87. The zero-order chi connectivity index (χ0) is 9.42. The molecule has 13 heavy (non-hydrogen) atoms. The summed E-state index contributed by atoms with van der Waals surface area (Å²) in [6.45, 7) is 4.02. The second-order valence-electron chi connectivity index (χ2n) is 3.19. The minimum absolute atomic E-state index is 0.0255. The van der Waals surface area contributed by atoms with Crippen LogP contribution in [0, 0.1) is 12.7 Å². The molecule has 0 aliphatic carbocycles. The number of hydrogen-bond donors (Lipinski definition) is 0. The molecule has 68 valence electrons. The van der Waals surface area contributed by atoms with Crippen LogP contribution in [-0.2, 0) is 6.42 Å². The summed E-state index contributed by atoms with van der Waals surface area (Å²) in [5.74, 6) is -0.0255. The molecule has 0 bridgehead atoms. The van der Waals surface area contributed by atoms with Gasteiger partial charge in [0.15, 0.2) is 0 Å². The topological polar surface area (TPSA) is 0 Å². The first-order valence-corrected chi connectivity index (χ1v) is 5.21. The first kappa shape index (κ1) is 8.70. The highest BCUT2D eigenvalue weighted by Gasteiger charge is 2.09. The van der Waals surface area contributed by atoms with Crippen LogP contribution in [0.1, 0.15) is 17.4 Å². The third kappa shape index (κ3) is 1.35. The minimum atomic E-state index is -0.0255. The largest absolute Gasteiger partial charge is 0.205 e. The van der Waals surface area contributed by atoms with E-state index < -0.39 is 0 Å². The lowest BCUT2D eigenvalue weighted by atomic mass is 10.2. The molecule has 0 saturated heterocycles. The first-order valence-electron chi connectivity index (χ1n) is 4.40. The third-order valence-corrected chi connectivity index (χ3v) is 3.44. The normalized spacial score (nSPS) is 11.0. The second-order valence-corrected chi connectivity index (χ2v) is 4.33. The lowest BCUT2D eigenvalue weighted by molar-refractivity contribution is 0.631. The van der Waals surface area contributed by atoms with Gasteiger partial charge in [-0.3, -0.25) is 0 Å². The van der Waals surface area contributed by atoms with E-state index in [1.165, 1.54) is 5.56 Å². The van der Waals surface area contributed by atoms with Crippen molar-refractivity contribution in [1.82, 2.24) is 0 Å². The Morgan fingerprint density at radius 1 is 1.38 bits per heavy atom. The van der Waals surface area contributed by atoms with Crippen molar-refractivity contribution >= 4 is 21.4 Å². The fourth-order valence-corrected chi connectivity index (χ4v) is 2.57. The highest BCUT2D eigenvalue weighted by Crippen LogP contribution is 2.30. The van der Waals surface area contributed by atoms with E-state index in [0.29, 0.717) is 0 Å². The first-order chi connectivity index (χ1) is 6.22. The van der Waals surface area contributed by atoms with Crippen LogP contribution in [0.25, 0.3) is 10.1 Å². The van der Waals surface area contributed by atoms with Gasteiger partial charge in [0.25, 0.3) is 0 Å². The van der Waals surface area contributed by atoms with Crippen LogP contribution < -0.4 is 0 Å². The van der Waals surface area contributed by atoms with Crippen LogP contribution in [0.2, 0.25) is 0 Å². The monoisotopic (exact) mass is 194 g/mol. The molecule has 0 nitrogen and oxygen atoms in total. The fraction of sp³-hybridized carbons (Fsp3) is 0.273. The van der Waals surface area contributed by atoms with Crippen molar-refractivity contribution in [3.63, 3.8) is 0 Å². The number of benzene rings is 1. The van der Waals surface area contributed by atoms with Crippen LogP contribution in [0.5, 0.6) is 0 Å². The molecule has 0 saturated carbocycles. The Labute approximate surface area is 81.0 Å². The molecular weight excluding hydrogens is 183 g/mol. The van der Waals surface area contributed by atoms with Crippen molar-refractivity contribution in [3.05, 3.63) is 34.5 Å². The van der Waals surface area contributed by atoms with Crippen molar-refractivity contribution in [2.24, 2.45) is 0 Å². The average Bonchev–Trinajstić information content (AvgIpc) is 2.42. The van der Waals surface area contributed by atoms with Gasteiger partial charge in [-0.15, -0.1) is 11.3 Å². The summed E-state index contributed by atoms with van der Waals surface area (Å²) in [5.41, 5.74) is 1.19. The Hall–Kier alpha value is -0.890. The fourth-order valence-electron chi connectivity index (χ4n) is 1.45. The van der Waals surface area contributed by atoms with E-state index in [2.05, 4.69) is 0 Å². The zero-order valence-corrected chi connectivity index (χ0v) is 8.54. The summed E-state index contributed by atoms with van der Waals surface area (Å²) < 4.78 is 14.6. The molecule has 0 aliphatic rings. The predicted octanol–water partition coefficient (Wildman–Crippen LogP) is 3.91. The van der Waals surface area contributed by atoms with Crippen molar-refractivity contribution in [3.8, 4) is 0 Å². The van der Waals surface area contributed by atoms with Crippen LogP contribution in [0.3, 0.4) is 0 Å². The summed E-state index contributed by atoms with van der Waals surface area (Å²) in [7, 11) is 0. The lowest BCUT2D eigenvalue weighted by Gasteiger charge is -1.91. The summed E-state index contributed by atoms with van der Waals surface area (Å²) >= 11 is 1.56. The van der Waals surface area contributed by atoms with Gasteiger partial charge in [-0.05, 0) is 25.0 Å². The number of aryl methyl sites for hydroxylation is 2. The molecule has 0 atom stereocenters. The maximum absolute atomic E-state index is 13.6. The van der Waals surface area contributed by atoms with E-state index in [4.69, 9.17) is 0 Å². The number of thiophene rings is 1. The van der Waals surface area contributed by atoms with Gasteiger partial charge in [0.2, 0.25) is 0 Å². The number of rotatable bonds is 1. The third-order valence-electron chi connectivity index (χ3n) is 2.17. The molecule has 0 radical (unpaired) electrons. The molecule has 0 aliphatic heterocycles. The van der Waals surface area contributed by atoms with Crippen LogP contribution in [0.15, 0.2) is 18.2 Å². The molecule has 0 N–H and O–H groups in total. The number of hydrogen-bond acceptors (Lipinski definition) is 1. The molecule has 0 amide bonds. The van der Waals surface area contributed by atoms with Gasteiger partial charge in [-0.25, -0.2) is 4.39 Å². The van der Waals surface area contributed by atoms with E-state index in [1.807, 2.05) is 32.0 Å². The molecular formula is C11H11FS. The Bertz CT molecular complexity index is 443. The number of halogens is 1. The van der Waals surface area contributed by atoms with Gasteiger partial charge in [0.05, 0.1) is 0 Å². The summed E-state index contributed by atoms with van der Waals surface area (Å²) in [5, 5.41) is 0.771. The van der Waals surface area contributed by atoms with E-state index in [-0.39, 0.29) is 5.82 Å². The minimum Gasteiger partial charge on any atom is -0.205 e. The maximum Gasteiger partial charge on any atom is 0.144 e. The predicted molar refractivity (Wildman–Crippen MR) is 55.9 cm³/mol. The molecule has 0 spiro atoms. The van der Waals surface area contributed by atoms with Crippen LogP contribution >= 0.6 is 11.3 Å². The highest BCUT2D eigenvalue weighted by atomic mass is 32.1. The highest BCUT2D eigenvalue weighted by molar-refractivity contribution is 7.19. The van der Waals surface area contributed by atoms with E-state index in [9.17, 15) is 4.39 Å². The molecule has 0 fully saturated rings. The van der Waals surface area contributed by atoms with Gasteiger partial charge in [0.1, 0.15) is 5.82 Å². The van der Waals surface area contributed by atoms with Gasteiger partial charge >= 0.3 is 0 Å². The van der Waals surface area contributed by atoms with Gasteiger partial charge < -0.3 is 0 Å². The quantitative estimate of drug-likeness (QED) is 0.645. The van der Waals surface area contributed by atoms with E-state index >= 15 is 0 Å². The smallest absolute Gasteiger partial charge is 0.144 e. The number of fused-ring (bicyclic) bond motifs is 1. The molecule has 1 heterocycles. The van der Waals surface area contributed by atoms with E-state index in [0.717, 1.165) is 21.4 Å². The molecule has 0 unspecified atom stereocenters. The molecule has 2 heteroatoms. The summed E-state index contributed by atoms with van der Waals surface area (Å²) in [4.78, 5) is 0.862. The van der Waals surface area contributed by atoms with Crippen molar-refractivity contribution in [1.29, 1.82) is 0 Å². The van der Waals surface area contributed by atoms with Crippen molar-refractivity contribution in [2.75, 3.05) is 0 Å². The van der Waals surface area contributed by atoms with Crippen LogP contribution in [0.4, 0.5) is 4.39 Å². The molecule has 2 aromatic rings. The Morgan fingerprint density at radius 3 is 2.85 bits per heavy atom. The average molecular weight is 194 g/mol. The Balaban J connectivity index is 2.76. The van der Waals surface area contributed by atoms with Gasteiger partial charge in [-0.2, -0.15) is 0 Å². The van der Waals surface area contributed by atoms with Crippen LogP contribution in [-0.4, -0.2) is 0 Å². The van der Waals surface area contributed by atoms with Crippen molar-refractivity contribution < 1.29 is 4.39 Å². The Kier molecular flexibility index (Phi) is 2.08. The standard InChI is InChI=1S/C11H11FS/c1-3-9-11(12)8-5-4-7(2)6-10(8)13-9/h4-6H,3H2,1-2H3. The van der Waals surface area contributed by atoms with Crippen molar-refractivity contribution in [2.45, 2.75) is 20.3 Å². The second kappa shape index (κ2) is 3.11. The van der Waals surface area contributed by atoms with Gasteiger partial charge in [-0.1, -0.05) is 19.1 Å². The van der Waals surface area contributed by atoms with E-state index in [1.54, 1.807) is 11.3 Å². The van der Waals surface area contributed by atoms with Gasteiger partial charge in [0, 0.05) is 15.0 Å². The lowest BCUT2D eigenvalue weighted by Crippen LogP contribution is -1.77. The summed E-state index contributed by atoms with van der Waals surface area (Å²) in [6.07, 6.45) is 0.782. The molecule has 1 aromatic heterocycles. The SMILES string of the molecule is CCc1sc2cc(C)ccc2c1F. The molecule has 1 aromatic carbocycles. The maximum atomic E-state index is 13.6. The zero-order valence-electron chi connectivity index (χ0n) is 7.73.